The van der Waals surface area contributed by atoms with E-state index in [0.29, 0.717) is 6.61 Å². The van der Waals surface area contributed by atoms with E-state index in [1.54, 1.807) is 6.33 Å². The summed E-state index contributed by atoms with van der Waals surface area (Å²) in [5.74, 6) is 0.0281. The normalized spacial score (nSPS) is 23.0. The highest BCUT2D eigenvalue weighted by Crippen LogP contribution is 2.28. The molecule has 1 aliphatic carbocycles. The number of hydrogen-bond acceptors (Lipinski definition) is 3. The minimum atomic E-state index is -0.00318. The second-order valence-electron chi connectivity index (χ2n) is 6.82. The lowest BCUT2D eigenvalue weighted by Crippen LogP contribution is -2.40. The Labute approximate surface area is 142 Å². The number of nitrogens with one attached hydrogen (secondary N) is 1. The zero-order valence-electron chi connectivity index (χ0n) is 14.0. The molecule has 1 amide bonds. The van der Waals surface area contributed by atoms with Crippen molar-refractivity contribution in [2.45, 2.75) is 44.2 Å². The summed E-state index contributed by atoms with van der Waals surface area (Å²) >= 11 is 0. The first-order chi connectivity index (χ1) is 11.7. The number of fused-ring (bicyclic) bond motifs is 1. The molecule has 0 spiro atoms. The minimum absolute atomic E-state index is 0.00318. The number of aryl methyl sites for hydroxylation is 3. The molecule has 0 bridgehead atoms. The van der Waals surface area contributed by atoms with Crippen molar-refractivity contribution in [3.63, 3.8) is 0 Å². The molecule has 0 unspecified atom stereocenters. The maximum Gasteiger partial charge on any atom is 0.251 e. The van der Waals surface area contributed by atoms with Crippen LogP contribution in [0.4, 0.5) is 0 Å². The molecule has 2 atom stereocenters. The Kier molecular flexibility index (Phi) is 4.10. The van der Waals surface area contributed by atoms with Gasteiger partial charge in [0.25, 0.3) is 5.91 Å². The van der Waals surface area contributed by atoms with Crippen LogP contribution in [0.3, 0.4) is 0 Å². The van der Waals surface area contributed by atoms with E-state index in [1.165, 1.54) is 17.5 Å². The summed E-state index contributed by atoms with van der Waals surface area (Å²) in [4.78, 5) is 16.8. The van der Waals surface area contributed by atoms with Crippen LogP contribution >= 0.6 is 0 Å². The zero-order valence-corrected chi connectivity index (χ0v) is 14.0. The van der Waals surface area contributed by atoms with Crippen molar-refractivity contribution in [1.29, 1.82) is 0 Å². The highest BCUT2D eigenvalue weighted by Gasteiger charge is 2.27. The average molecular weight is 325 g/mol. The molecule has 1 fully saturated rings. The van der Waals surface area contributed by atoms with Gasteiger partial charge in [0.2, 0.25) is 0 Å². The van der Waals surface area contributed by atoms with Crippen LogP contribution < -0.4 is 5.32 Å². The first-order valence-corrected chi connectivity index (χ1v) is 8.71. The molecule has 2 heterocycles. The van der Waals surface area contributed by atoms with E-state index in [0.717, 1.165) is 36.9 Å². The second-order valence-corrected chi connectivity index (χ2v) is 6.82. The molecule has 24 heavy (non-hydrogen) atoms. The summed E-state index contributed by atoms with van der Waals surface area (Å²) < 4.78 is 7.85. The second kappa shape index (κ2) is 6.40. The lowest BCUT2D eigenvalue weighted by molar-refractivity contribution is -0.00301. The van der Waals surface area contributed by atoms with Crippen molar-refractivity contribution >= 4 is 5.91 Å². The number of imidazole rings is 1. The van der Waals surface area contributed by atoms with Gasteiger partial charge in [0.1, 0.15) is 6.10 Å². The van der Waals surface area contributed by atoms with Gasteiger partial charge in [-0.05, 0) is 55.4 Å². The van der Waals surface area contributed by atoms with E-state index < -0.39 is 0 Å². The van der Waals surface area contributed by atoms with Crippen molar-refractivity contribution in [3.8, 4) is 0 Å². The van der Waals surface area contributed by atoms with Gasteiger partial charge in [0.15, 0.2) is 0 Å². The Balaban J connectivity index is 1.43. The van der Waals surface area contributed by atoms with Crippen LogP contribution in [0.5, 0.6) is 0 Å². The summed E-state index contributed by atoms with van der Waals surface area (Å²) in [5, 5.41) is 3.19. The fourth-order valence-corrected chi connectivity index (χ4v) is 3.79. The molecule has 1 N–H and O–H groups in total. The molecule has 1 aromatic heterocycles. The van der Waals surface area contributed by atoms with Gasteiger partial charge < -0.3 is 14.6 Å². The summed E-state index contributed by atoms with van der Waals surface area (Å²) in [5.41, 5.74) is 4.57. The third-order valence-corrected chi connectivity index (χ3v) is 5.16. The molecule has 2 aromatic rings. The molecule has 1 saturated heterocycles. The van der Waals surface area contributed by atoms with Crippen LogP contribution in [0.1, 0.15) is 52.5 Å². The van der Waals surface area contributed by atoms with Gasteiger partial charge in [-0.2, -0.15) is 0 Å². The van der Waals surface area contributed by atoms with Gasteiger partial charge in [0, 0.05) is 25.3 Å². The van der Waals surface area contributed by atoms with Crippen molar-refractivity contribution in [2.75, 3.05) is 6.61 Å². The summed E-state index contributed by atoms with van der Waals surface area (Å²) in [7, 11) is 1.97. The largest absolute Gasteiger partial charge is 0.372 e. The van der Waals surface area contributed by atoms with Gasteiger partial charge >= 0.3 is 0 Å². The summed E-state index contributed by atoms with van der Waals surface area (Å²) in [6.45, 7) is 0.658. The van der Waals surface area contributed by atoms with E-state index >= 15 is 0 Å². The molecular formula is C19H23N3O2. The number of carbonyl (C=O) groups is 1. The molecule has 1 aliphatic heterocycles. The van der Waals surface area contributed by atoms with Crippen molar-refractivity contribution in [3.05, 3.63) is 53.1 Å². The molecule has 0 radical (unpaired) electrons. The standard InChI is InChI=1S/C19H23N3O2/c1-22-12-20-11-17(22)18-10-16(7-8-24-18)21-19(23)15-6-5-13-3-2-4-14(13)9-15/h5-6,9,11-12,16,18H,2-4,7-8,10H2,1H3,(H,21,23)/t16-,18-/m0/s1. The Morgan fingerprint density at radius 1 is 1.33 bits per heavy atom. The molecule has 5 heteroatoms. The number of carbonyl (C=O) groups excluding carboxylic acids is 1. The fourth-order valence-electron chi connectivity index (χ4n) is 3.79. The van der Waals surface area contributed by atoms with E-state index in [-0.39, 0.29) is 18.1 Å². The van der Waals surface area contributed by atoms with Gasteiger partial charge in [0.05, 0.1) is 18.2 Å². The molecule has 0 saturated carbocycles. The number of aromatic nitrogens is 2. The van der Waals surface area contributed by atoms with E-state index in [2.05, 4.69) is 22.4 Å². The highest BCUT2D eigenvalue weighted by atomic mass is 16.5. The third-order valence-electron chi connectivity index (χ3n) is 5.16. The van der Waals surface area contributed by atoms with Crippen LogP contribution in [0, 0.1) is 0 Å². The maximum atomic E-state index is 12.6. The first-order valence-electron chi connectivity index (χ1n) is 8.71. The van der Waals surface area contributed by atoms with Gasteiger partial charge in [-0.1, -0.05) is 6.07 Å². The maximum absolute atomic E-state index is 12.6. The Morgan fingerprint density at radius 2 is 2.21 bits per heavy atom. The van der Waals surface area contributed by atoms with Crippen molar-refractivity contribution in [2.24, 2.45) is 7.05 Å². The van der Waals surface area contributed by atoms with E-state index in [1.807, 2.05) is 23.9 Å². The molecule has 5 nitrogen and oxygen atoms in total. The van der Waals surface area contributed by atoms with Gasteiger partial charge in [-0.3, -0.25) is 4.79 Å². The van der Waals surface area contributed by atoms with Crippen molar-refractivity contribution in [1.82, 2.24) is 14.9 Å². The smallest absolute Gasteiger partial charge is 0.251 e. The average Bonchev–Trinajstić information content (AvgIpc) is 3.22. The summed E-state index contributed by atoms with van der Waals surface area (Å²) in [6.07, 6.45) is 8.70. The SMILES string of the molecule is Cn1cncc1[C@@H]1C[C@@H](NC(=O)c2ccc3c(c2)CCC3)CCO1. The molecular weight excluding hydrogens is 302 g/mol. The van der Waals surface area contributed by atoms with Crippen LogP contribution in [-0.4, -0.2) is 28.1 Å². The lowest BCUT2D eigenvalue weighted by Gasteiger charge is -2.30. The van der Waals surface area contributed by atoms with Crippen LogP contribution in [0.15, 0.2) is 30.7 Å². The monoisotopic (exact) mass is 325 g/mol. The van der Waals surface area contributed by atoms with Crippen LogP contribution in [0.2, 0.25) is 0 Å². The Hall–Kier alpha value is -2.14. The Bertz CT molecular complexity index is 753. The quantitative estimate of drug-likeness (QED) is 0.943. The van der Waals surface area contributed by atoms with Crippen molar-refractivity contribution < 1.29 is 9.53 Å². The highest BCUT2D eigenvalue weighted by molar-refractivity contribution is 5.94. The number of hydrogen-bond donors (Lipinski definition) is 1. The predicted octanol–water partition coefficient (Wildman–Crippen LogP) is 2.56. The number of rotatable bonds is 3. The lowest BCUT2D eigenvalue weighted by atomic mass is 10.00. The first kappa shape index (κ1) is 15.4. The third kappa shape index (κ3) is 2.96. The molecule has 2 aliphatic rings. The fraction of sp³-hybridized carbons (Fsp3) is 0.474. The van der Waals surface area contributed by atoms with Crippen LogP contribution in [0.25, 0.3) is 0 Å². The molecule has 4 rings (SSSR count). The number of nitrogens with zero attached hydrogens (tertiary/aromatic N) is 2. The minimum Gasteiger partial charge on any atom is -0.372 e. The zero-order chi connectivity index (χ0) is 16.5. The number of ether oxygens (including phenoxy) is 1. The topological polar surface area (TPSA) is 56.2 Å². The predicted molar refractivity (Wildman–Crippen MR) is 90.9 cm³/mol. The number of benzene rings is 1. The number of amides is 1. The molecule has 1 aromatic carbocycles. The summed E-state index contributed by atoms with van der Waals surface area (Å²) in [6, 6.07) is 6.27. The van der Waals surface area contributed by atoms with E-state index in [4.69, 9.17) is 4.74 Å². The molecule has 126 valence electrons. The van der Waals surface area contributed by atoms with Gasteiger partial charge in [-0.25, -0.2) is 4.98 Å². The van der Waals surface area contributed by atoms with E-state index in [9.17, 15) is 4.79 Å². The van der Waals surface area contributed by atoms with Gasteiger partial charge in [-0.15, -0.1) is 0 Å². The van der Waals surface area contributed by atoms with Crippen LogP contribution in [-0.2, 0) is 24.6 Å². The Morgan fingerprint density at radius 3 is 3.04 bits per heavy atom.